The van der Waals surface area contributed by atoms with Crippen LogP contribution in [0.3, 0.4) is 0 Å². The average molecular weight is 599 g/mol. The average Bonchev–Trinajstić information content (AvgIpc) is 3.18. The van der Waals surface area contributed by atoms with Crippen molar-refractivity contribution < 1.29 is 44.5 Å². The van der Waals surface area contributed by atoms with Gasteiger partial charge in [0.2, 0.25) is 6.29 Å². The molecule has 236 valence electrons. The summed E-state index contributed by atoms with van der Waals surface area (Å²) in [7, 11) is 0. The quantitative estimate of drug-likeness (QED) is 0.214. The second kappa shape index (κ2) is 14.0. The summed E-state index contributed by atoms with van der Waals surface area (Å²) < 4.78 is 25.0. The molecule has 1 saturated heterocycles. The van der Waals surface area contributed by atoms with E-state index in [1.807, 2.05) is 24.3 Å². The van der Waals surface area contributed by atoms with Crippen molar-refractivity contribution in [3.63, 3.8) is 0 Å². The minimum absolute atomic E-state index is 0.0793. The maximum Gasteiger partial charge on any atom is 0.243 e. The van der Waals surface area contributed by atoms with Gasteiger partial charge in [-0.15, -0.1) is 6.58 Å². The molecule has 4 aliphatic heterocycles. The van der Waals surface area contributed by atoms with Crippen LogP contribution in [-0.4, -0.2) is 80.2 Å². The zero-order chi connectivity index (χ0) is 30.5. The minimum Gasteiger partial charge on any atom is -0.486 e. The highest BCUT2D eigenvalue weighted by molar-refractivity contribution is 5.29. The summed E-state index contributed by atoms with van der Waals surface area (Å²) in [4.78, 5) is 0. The van der Waals surface area contributed by atoms with Gasteiger partial charge in [-0.1, -0.05) is 43.4 Å². The monoisotopic (exact) mass is 598 g/mol. The molecular weight excluding hydrogens is 552 g/mol. The normalized spacial score (nSPS) is 36.9. The van der Waals surface area contributed by atoms with E-state index in [1.165, 1.54) is 6.26 Å². The number of fused-ring (bicyclic) bond motifs is 6. The predicted octanol–water partition coefficient (Wildman–Crippen LogP) is 3.11. The Morgan fingerprint density at radius 3 is 2.58 bits per heavy atom. The van der Waals surface area contributed by atoms with E-state index in [1.54, 1.807) is 12.1 Å². The standard InChI is InChI=1S/C34H46O9/c1-2-8-23-11-13-25(14-12-23)42-32-34-22-26(24(15-20-41-34)21-33(39)16-4-3-5-17-33)27(36)9-7-19-40-28(10-6-18-35)30(43-32)29(37)31(34)38/h2,11-15,20,24,26-32,35-39H,1,3-6,8-10,16-18,21-22H2/t24-,26-,27+,28-,29+,30+,31-,32-,34+/m0/s1. The molecule has 1 aromatic rings. The number of allylic oxidation sites excluding steroid dienone is 2. The van der Waals surface area contributed by atoms with E-state index in [0.717, 1.165) is 24.8 Å². The summed E-state index contributed by atoms with van der Waals surface area (Å²) in [5, 5.41) is 55.9. The zero-order valence-electron chi connectivity index (χ0n) is 24.7. The van der Waals surface area contributed by atoms with E-state index in [0.29, 0.717) is 44.3 Å². The molecule has 9 atom stereocenters. The highest BCUT2D eigenvalue weighted by Crippen LogP contribution is 2.47. The van der Waals surface area contributed by atoms with Crippen molar-refractivity contribution in [3.8, 4) is 17.8 Å². The Balaban J connectivity index is 1.54. The van der Waals surface area contributed by atoms with Gasteiger partial charge in [0.1, 0.15) is 36.3 Å². The summed E-state index contributed by atoms with van der Waals surface area (Å²) in [5.41, 5.74) is -1.41. The number of rotatable bonds is 9. The summed E-state index contributed by atoms with van der Waals surface area (Å²) >= 11 is 0. The van der Waals surface area contributed by atoms with Gasteiger partial charge in [-0.25, -0.2) is 0 Å². The zero-order valence-corrected chi connectivity index (χ0v) is 24.7. The van der Waals surface area contributed by atoms with Crippen LogP contribution in [0.5, 0.6) is 5.75 Å². The Bertz CT molecular complexity index is 1150. The van der Waals surface area contributed by atoms with Crippen LogP contribution in [0.2, 0.25) is 0 Å². The summed E-state index contributed by atoms with van der Waals surface area (Å²) in [5.74, 6) is 2.59. The van der Waals surface area contributed by atoms with Crippen LogP contribution in [0.4, 0.5) is 0 Å². The maximum absolute atomic E-state index is 11.9. The van der Waals surface area contributed by atoms with Crippen LogP contribution >= 0.6 is 0 Å². The molecule has 0 aromatic heterocycles. The second-order valence-electron chi connectivity index (χ2n) is 12.6. The van der Waals surface area contributed by atoms with E-state index in [4.69, 9.17) is 18.9 Å². The van der Waals surface area contributed by atoms with E-state index in [9.17, 15) is 25.5 Å². The van der Waals surface area contributed by atoms with Crippen LogP contribution in [0.1, 0.15) is 69.8 Å². The fourth-order valence-electron chi connectivity index (χ4n) is 7.19. The van der Waals surface area contributed by atoms with Crippen LogP contribution in [-0.2, 0) is 20.6 Å². The lowest BCUT2D eigenvalue weighted by Crippen LogP contribution is -2.70. The first-order valence-corrected chi connectivity index (χ1v) is 15.7. The van der Waals surface area contributed by atoms with Gasteiger partial charge in [-0.2, -0.15) is 0 Å². The molecular formula is C34H46O9. The van der Waals surface area contributed by atoms with E-state index < -0.39 is 53.9 Å². The largest absolute Gasteiger partial charge is 0.486 e. The van der Waals surface area contributed by atoms with Crippen molar-refractivity contribution >= 4 is 0 Å². The molecule has 43 heavy (non-hydrogen) atoms. The Hall–Kier alpha value is -2.58. The minimum atomic E-state index is -1.60. The van der Waals surface area contributed by atoms with Crippen molar-refractivity contribution in [2.24, 2.45) is 11.8 Å². The number of benzene rings is 1. The third-order valence-corrected chi connectivity index (χ3v) is 9.61. The Kier molecular flexibility index (Phi) is 10.4. The molecule has 9 heteroatoms. The number of aliphatic hydroxyl groups is 5. The van der Waals surface area contributed by atoms with Gasteiger partial charge in [-0.05, 0) is 74.1 Å². The van der Waals surface area contributed by atoms with Crippen molar-refractivity contribution in [2.45, 2.75) is 119 Å². The first kappa shape index (κ1) is 31.8. The SMILES string of the molecule is C=CCc1ccc(O[C@H]2O[C@H]3[C@@H](O)[C@H](O)[C@]24C[C@H]([C@H](O)CC#CO[C@H]3CCCO)[C@H](CC2(O)CCCCC2)C=CO4)cc1. The highest BCUT2D eigenvalue weighted by atomic mass is 16.7. The molecule has 0 amide bonds. The Labute approximate surface area is 254 Å². The molecule has 4 heterocycles. The van der Waals surface area contributed by atoms with Crippen molar-refractivity contribution in [3.05, 3.63) is 54.8 Å². The topological polar surface area (TPSA) is 138 Å². The molecule has 1 aliphatic carbocycles. The Morgan fingerprint density at radius 2 is 1.86 bits per heavy atom. The molecule has 9 nitrogen and oxygen atoms in total. The number of aliphatic hydroxyl groups excluding tert-OH is 4. The summed E-state index contributed by atoms with van der Waals surface area (Å²) in [6, 6.07) is 7.43. The number of hydrogen-bond acceptors (Lipinski definition) is 9. The first-order chi connectivity index (χ1) is 20.8. The number of hydrogen-bond donors (Lipinski definition) is 5. The van der Waals surface area contributed by atoms with Crippen LogP contribution in [0.15, 0.2) is 49.3 Å². The van der Waals surface area contributed by atoms with E-state index in [-0.39, 0.29) is 25.4 Å². The van der Waals surface area contributed by atoms with Crippen LogP contribution in [0, 0.1) is 23.9 Å². The molecule has 1 aromatic carbocycles. The first-order valence-electron chi connectivity index (χ1n) is 15.7. The fourth-order valence-corrected chi connectivity index (χ4v) is 7.19. The van der Waals surface area contributed by atoms with Crippen molar-refractivity contribution in [2.75, 3.05) is 6.61 Å². The van der Waals surface area contributed by atoms with Crippen LogP contribution < -0.4 is 4.74 Å². The second-order valence-corrected chi connectivity index (χ2v) is 12.6. The summed E-state index contributed by atoms with van der Waals surface area (Å²) in [6.07, 6.45) is 7.27. The third kappa shape index (κ3) is 7.06. The fraction of sp³-hybridized carbons (Fsp3) is 0.647. The third-order valence-electron chi connectivity index (χ3n) is 9.61. The molecule has 0 unspecified atom stereocenters. The van der Waals surface area contributed by atoms with Gasteiger partial charge >= 0.3 is 0 Å². The molecule has 5 aliphatic rings. The lowest BCUT2D eigenvalue weighted by atomic mass is 9.69. The maximum atomic E-state index is 11.9. The molecule has 2 fully saturated rings. The van der Waals surface area contributed by atoms with Crippen LogP contribution in [0.25, 0.3) is 0 Å². The molecule has 3 bridgehead atoms. The molecule has 1 saturated carbocycles. The lowest BCUT2D eigenvalue weighted by molar-refractivity contribution is -0.333. The highest BCUT2D eigenvalue weighted by Gasteiger charge is 2.62. The molecule has 6 rings (SSSR count). The van der Waals surface area contributed by atoms with E-state index in [2.05, 4.69) is 18.6 Å². The lowest BCUT2D eigenvalue weighted by Gasteiger charge is -2.52. The predicted molar refractivity (Wildman–Crippen MR) is 158 cm³/mol. The van der Waals surface area contributed by atoms with Gasteiger partial charge in [0.25, 0.3) is 0 Å². The van der Waals surface area contributed by atoms with Crippen molar-refractivity contribution in [1.82, 2.24) is 0 Å². The van der Waals surface area contributed by atoms with Gasteiger partial charge in [0.15, 0.2) is 5.60 Å². The smallest absolute Gasteiger partial charge is 0.243 e. The number of ether oxygens (including phenoxy) is 4. The van der Waals surface area contributed by atoms with Crippen molar-refractivity contribution in [1.29, 1.82) is 0 Å². The van der Waals surface area contributed by atoms with Gasteiger partial charge < -0.3 is 44.5 Å². The van der Waals surface area contributed by atoms with Gasteiger partial charge in [0.05, 0.1) is 18.0 Å². The Morgan fingerprint density at radius 1 is 1.09 bits per heavy atom. The molecule has 0 radical (unpaired) electrons. The molecule has 1 spiro atoms. The van der Waals surface area contributed by atoms with Gasteiger partial charge in [0, 0.05) is 19.4 Å². The summed E-state index contributed by atoms with van der Waals surface area (Å²) in [6.45, 7) is 3.69. The van der Waals surface area contributed by atoms with E-state index >= 15 is 0 Å². The molecule has 5 N–H and O–H groups in total. The van der Waals surface area contributed by atoms with Gasteiger partial charge in [-0.3, -0.25) is 0 Å².